The van der Waals surface area contributed by atoms with E-state index in [4.69, 9.17) is 5.73 Å². The van der Waals surface area contributed by atoms with Gasteiger partial charge in [-0.3, -0.25) is 0 Å². The highest BCUT2D eigenvalue weighted by molar-refractivity contribution is 7.99. The normalized spacial score (nSPS) is 33.5. The van der Waals surface area contributed by atoms with E-state index in [0.29, 0.717) is 12.3 Å². The van der Waals surface area contributed by atoms with Crippen LogP contribution in [0.25, 0.3) is 0 Å². The molecule has 1 saturated heterocycles. The number of hydrogen-bond acceptors (Lipinski definition) is 4. The van der Waals surface area contributed by atoms with E-state index >= 15 is 0 Å². The van der Waals surface area contributed by atoms with Gasteiger partial charge in [0, 0.05) is 16.2 Å². The van der Waals surface area contributed by atoms with E-state index in [9.17, 15) is 8.42 Å². The summed E-state index contributed by atoms with van der Waals surface area (Å²) in [5.41, 5.74) is 7.11. The van der Waals surface area contributed by atoms with Gasteiger partial charge in [0.1, 0.15) is 0 Å². The third-order valence-electron chi connectivity index (χ3n) is 3.87. The predicted molar refractivity (Wildman–Crippen MR) is 74.7 cm³/mol. The summed E-state index contributed by atoms with van der Waals surface area (Å²) < 4.78 is 23.2. The molecule has 0 bridgehead atoms. The molecule has 0 aromatic heterocycles. The van der Waals surface area contributed by atoms with Gasteiger partial charge in [0.05, 0.1) is 11.5 Å². The van der Waals surface area contributed by atoms with E-state index in [0.717, 1.165) is 12.2 Å². The Hall–Kier alpha value is -0.520. The van der Waals surface area contributed by atoms with Gasteiger partial charge in [-0.2, -0.15) is 0 Å². The molecule has 2 atom stereocenters. The molecule has 1 fully saturated rings. The van der Waals surface area contributed by atoms with Gasteiger partial charge in [0.2, 0.25) is 0 Å². The van der Waals surface area contributed by atoms with Gasteiger partial charge in [-0.15, -0.1) is 11.8 Å². The zero-order valence-corrected chi connectivity index (χ0v) is 11.8. The van der Waals surface area contributed by atoms with Crippen LogP contribution < -0.4 is 5.73 Å². The van der Waals surface area contributed by atoms with Crippen LogP contribution in [0.1, 0.15) is 24.3 Å². The minimum Gasteiger partial charge on any atom is -0.324 e. The second kappa shape index (κ2) is 4.25. The maximum atomic E-state index is 11.6. The molecule has 2 aliphatic rings. The van der Waals surface area contributed by atoms with E-state index in [1.54, 1.807) is 0 Å². The SMILES string of the molecule is NC1(CC2CSc3ccccc32)CCS(=O)(=O)C1. The molecular weight excluding hydrogens is 266 g/mol. The summed E-state index contributed by atoms with van der Waals surface area (Å²) in [4.78, 5) is 1.33. The Balaban J connectivity index is 1.79. The van der Waals surface area contributed by atoms with Crippen molar-refractivity contribution in [2.24, 2.45) is 5.73 Å². The van der Waals surface area contributed by atoms with Gasteiger partial charge in [-0.1, -0.05) is 18.2 Å². The van der Waals surface area contributed by atoms with Crippen LogP contribution in [0.15, 0.2) is 29.2 Å². The summed E-state index contributed by atoms with van der Waals surface area (Å²) in [5, 5.41) is 0. The molecule has 1 aromatic rings. The summed E-state index contributed by atoms with van der Waals surface area (Å²) in [7, 11) is -2.90. The molecule has 5 heteroatoms. The summed E-state index contributed by atoms with van der Waals surface area (Å²) in [5.74, 6) is 1.84. The molecular formula is C13H17NO2S2. The van der Waals surface area contributed by atoms with Crippen molar-refractivity contribution in [3.63, 3.8) is 0 Å². The van der Waals surface area contributed by atoms with Gasteiger partial charge < -0.3 is 5.73 Å². The van der Waals surface area contributed by atoms with E-state index in [-0.39, 0.29) is 11.5 Å². The highest BCUT2D eigenvalue weighted by Gasteiger charge is 2.41. The predicted octanol–water partition coefficient (Wildman–Crippen LogP) is 1.78. The van der Waals surface area contributed by atoms with Crippen LogP contribution in [-0.2, 0) is 9.84 Å². The molecule has 0 aliphatic carbocycles. The minimum absolute atomic E-state index is 0.156. The van der Waals surface area contributed by atoms with Crippen molar-refractivity contribution >= 4 is 21.6 Å². The van der Waals surface area contributed by atoms with Crippen LogP contribution in [0.4, 0.5) is 0 Å². The second-order valence-electron chi connectivity index (χ2n) is 5.45. The van der Waals surface area contributed by atoms with E-state index in [1.807, 2.05) is 23.9 Å². The summed E-state index contributed by atoms with van der Waals surface area (Å²) in [6, 6.07) is 8.38. The molecule has 0 radical (unpaired) electrons. The van der Waals surface area contributed by atoms with Crippen molar-refractivity contribution in [2.45, 2.75) is 29.2 Å². The Kier molecular flexibility index (Phi) is 2.95. The van der Waals surface area contributed by atoms with Crippen LogP contribution in [0.5, 0.6) is 0 Å². The lowest BCUT2D eigenvalue weighted by atomic mass is 9.85. The topological polar surface area (TPSA) is 60.2 Å². The number of benzene rings is 1. The van der Waals surface area contributed by atoms with Gasteiger partial charge >= 0.3 is 0 Å². The first-order valence-corrected chi connectivity index (χ1v) is 8.99. The molecule has 2 aliphatic heterocycles. The molecule has 3 rings (SSSR count). The third-order valence-corrected chi connectivity index (χ3v) is 6.96. The molecule has 0 amide bonds. The quantitative estimate of drug-likeness (QED) is 0.899. The molecule has 2 unspecified atom stereocenters. The summed E-state index contributed by atoms with van der Waals surface area (Å²) in [6.45, 7) is 0. The number of fused-ring (bicyclic) bond motifs is 1. The highest BCUT2D eigenvalue weighted by atomic mass is 32.2. The van der Waals surface area contributed by atoms with Crippen LogP contribution in [0.2, 0.25) is 0 Å². The average molecular weight is 283 g/mol. The molecule has 1 aromatic carbocycles. The number of hydrogen-bond donors (Lipinski definition) is 1. The fourth-order valence-electron chi connectivity index (χ4n) is 2.99. The molecule has 18 heavy (non-hydrogen) atoms. The monoisotopic (exact) mass is 283 g/mol. The molecule has 98 valence electrons. The van der Waals surface area contributed by atoms with Crippen molar-refractivity contribution in [1.82, 2.24) is 0 Å². The number of sulfone groups is 1. The van der Waals surface area contributed by atoms with Crippen LogP contribution in [-0.4, -0.2) is 31.2 Å². The minimum atomic E-state index is -2.90. The molecule has 0 saturated carbocycles. The molecule has 2 N–H and O–H groups in total. The summed E-state index contributed by atoms with van der Waals surface area (Å²) >= 11 is 1.85. The van der Waals surface area contributed by atoms with Gasteiger partial charge in [0.15, 0.2) is 9.84 Å². The van der Waals surface area contributed by atoms with E-state index in [2.05, 4.69) is 12.1 Å². The summed E-state index contributed by atoms with van der Waals surface area (Å²) in [6.07, 6.45) is 1.40. The smallest absolute Gasteiger partial charge is 0.152 e. The Morgan fingerprint density at radius 3 is 2.89 bits per heavy atom. The van der Waals surface area contributed by atoms with E-state index < -0.39 is 15.4 Å². The lowest BCUT2D eigenvalue weighted by Crippen LogP contribution is -2.42. The first-order valence-electron chi connectivity index (χ1n) is 6.19. The lowest BCUT2D eigenvalue weighted by molar-refractivity contribution is 0.412. The highest BCUT2D eigenvalue weighted by Crippen LogP contribution is 2.44. The van der Waals surface area contributed by atoms with Crippen molar-refractivity contribution < 1.29 is 8.42 Å². The van der Waals surface area contributed by atoms with Crippen molar-refractivity contribution in [1.29, 1.82) is 0 Å². The lowest BCUT2D eigenvalue weighted by Gasteiger charge is -2.26. The van der Waals surface area contributed by atoms with Crippen LogP contribution in [0.3, 0.4) is 0 Å². The van der Waals surface area contributed by atoms with E-state index in [1.165, 1.54) is 10.5 Å². The first kappa shape index (κ1) is 12.5. The molecule has 3 nitrogen and oxygen atoms in total. The Labute approximate surface area is 112 Å². The maximum absolute atomic E-state index is 11.6. The van der Waals surface area contributed by atoms with Gasteiger partial charge in [0.25, 0.3) is 0 Å². The maximum Gasteiger partial charge on any atom is 0.152 e. The van der Waals surface area contributed by atoms with Crippen molar-refractivity contribution in [3.8, 4) is 0 Å². The van der Waals surface area contributed by atoms with Gasteiger partial charge in [-0.05, 0) is 30.4 Å². The Bertz CT molecular complexity index is 570. The zero-order chi connectivity index (χ0) is 12.8. The second-order valence-corrected chi connectivity index (χ2v) is 8.70. The van der Waals surface area contributed by atoms with Crippen LogP contribution >= 0.6 is 11.8 Å². The zero-order valence-electron chi connectivity index (χ0n) is 10.1. The van der Waals surface area contributed by atoms with Crippen molar-refractivity contribution in [2.75, 3.05) is 17.3 Å². The third kappa shape index (κ3) is 2.31. The fraction of sp³-hybridized carbons (Fsp3) is 0.538. The molecule has 2 heterocycles. The van der Waals surface area contributed by atoms with Crippen LogP contribution in [0, 0.1) is 0 Å². The van der Waals surface area contributed by atoms with Crippen molar-refractivity contribution in [3.05, 3.63) is 29.8 Å². The fourth-order valence-corrected chi connectivity index (χ4v) is 6.25. The number of rotatable bonds is 2. The molecule has 0 spiro atoms. The van der Waals surface area contributed by atoms with Gasteiger partial charge in [-0.25, -0.2) is 8.42 Å². The average Bonchev–Trinajstić information content (AvgIpc) is 2.82. The Morgan fingerprint density at radius 2 is 2.17 bits per heavy atom. The standard InChI is InChI=1S/C13H17NO2S2/c14-13(5-6-18(15,16)9-13)7-10-8-17-12-4-2-1-3-11(10)12/h1-4,10H,5-9,14H2. The Morgan fingerprint density at radius 1 is 1.39 bits per heavy atom. The number of thioether (sulfide) groups is 1. The number of nitrogens with two attached hydrogens (primary N) is 1. The first-order chi connectivity index (χ1) is 8.48. The largest absolute Gasteiger partial charge is 0.324 e.